The van der Waals surface area contributed by atoms with Gasteiger partial charge in [-0.1, -0.05) is 40.9 Å². The summed E-state index contributed by atoms with van der Waals surface area (Å²) in [4.78, 5) is 50.3. The van der Waals surface area contributed by atoms with Gasteiger partial charge in [0.05, 0.1) is 11.1 Å². The molecule has 0 fully saturated rings. The molecule has 1 amide bonds. The van der Waals surface area contributed by atoms with Crippen molar-refractivity contribution < 1.29 is 33.8 Å². The molecule has 0 unspecified atom stereocenters. The summed E-state index contributed by atoms with van der Waals surface area (Å²) < 4.78 is 10.3. The van der Waals surface area contributed by atoms with Crippen LogP contribution >= 0.6 is 34.8 Å². The zero-order valence-corrected chi connectivity index (χ0v) is 19.9. The summed E-state index contributed by atoms with van der Waals surface area (Å²) >= 11 is 17.6. The highest BCUT2D eigenvalue weighted by molar-refractivity contribution is 6.31. The van der Waals surface area contributed by atoms with Crippen LogP contribution < -0.4 is 5.32 Å². The van der Waals surface area contributed by atoms with Crippen LogP contribution in [-0.4, -0.2) is 41.1 Å². The first kappa shape index (κ1) is 26.0. The van der Waals surface area contributed by atoms with E-state index in [0.29, 0.717) is 15.1 Å². The largest absolute Gasteiger partial charge is 0.478 e. The van der Waals surface area contributed by atoms with Gasteiger partial charge in [-0.05, 0) is 66.7 Å². The molecule has 2 atom stereocenters. The van der Waals surface area contributed by atoms with Gasteiger partial charge in [0.25, 0.3) is 5.91 Å². The van der Waals surface area contributed by atoms with Crippen molar-refractivity contribution >= 4 is 64.3 Å². The molecule has 0 aliphatic heterocycles. The average Bonchev–Trinajstić information content (AvgIpc) is 2.81. The Morgan fingerprint density at radius 2 is 1.17 bits per heavy atom. The highest BCUT2D eigenvalue weighted by Crippen LogP contribution is 2.19. The number of amides is 1. The van der Waals surface area contributed by atoms with Crippen molar-refractivity contribution in [3.63, 3.8) is 0 Å². The van der Waals surface area contributed by atoms with Gasteiger partial charge in [0.1, 0.15) is 0 Å². The number of rotatable bonds is 8. The third-order valence-corrected chi connectivity index (χ3v) is 5.24. The fraction of sp³-hybridized carbons (Fsp3) is 0.0833. The zero-order chi connectivity index (χ0) is 25.5. The maximum absolute atomic E-state index is 13.0. The van der Waals surface area contributed by atoms with Crippen molar-refractivity contribution in [2.24, 2.45) is 0 Å². The van der Waals surface area contributed by atoms with E-state index >= 15 is 0 Å². The molecule has 0 aliphatic carbocycles. The number of hydrogen-bond acceptors (Lipinski definition) is 6. The Hall–Kier alpha value is -3.59. The molecule has 3 aromatic rings. The lowest BCUT2D eigenvalue weighted by Crippen LogP contribution is -2.48. The lowest BCUT2D eigenvalue weighted by Gasteiger charge is -2.23. The van der Waals surface area contributed by atoms with E-state index in [9.17, 15) is 24.3 Å². The molecule has 0 saturated heterocycles. The normalized spacial score (nSPS) is 12.2. The predicted molar refractivity (Wildman–Crippen MR) is 129 cm³/mol. The van der Waals surface area contributed by atoms with Crippen LogP contribution in [0.15, 0.2) is 72.8 Å². The molecule has 0 aliphatic rings. The first-order valence-electron chi connectivity index (χ1n) is 9.86. The van der Waals surface area contributed by atoms with Gasteiger partial charge in [-0.3, -0.25) is 4.79 Å². The van der Waals surface area contributed by atoms with Crippen LogP contribution in [0.1, 0.15) is 20.7 Å². The first-order valence-corrected chi connectivity index (χ1v) is 11.0. The van der Waals surface area contributed by atoms with E-state index in [2.05, 4.69) is 5.32 Å². The number of carboxylic acids is 1. The fourth-order valence-corrected chi connectivity index (χ4v) is 3.26. The summed E-state index contributed by atoms with van der Waals surface area (Å²) in [5, 5.41) is 13.1. The molecular weight excluding hydrogens is 521 g/mol. The van der Waals surface area contributed by atoms with Gasteiger partial charge in [0, 0.05) is 20.8 Å². The molecule has 0 bridgehead atoms. The van der Waals surface area contributed by atoms with Gasteiger partial charge in [-0.2, -0.15) is 0 Å². The minimum atomic E-state index is -2.19. The lowest BCUT2D eigenvalue weighted by molar-refractivity contribution is -0.157. The molecule has 3 rings (SSSR count). The molecule has 2 N–H and O–H groups in total. The SMILES string of the molecule is O=C(O[C@H](C(=O)O)[C@H](OC(=O)c1ccc(Cl)cc1)C(=O)Nc1cccc(Cl)c1)c1ccc(Cl)cc1. The average molecular weight is 537 g/mol. The van der Waals surface area contributed by atoms with Crippen LogP contribution in [0, 0.1) is 0 Å². The summed E-state index contributed by atoms with van der Waals surface area (Å²) in [6.45, 7) is 0. The molecule has 35 heavy (non-hydrogen) atoms. The Kier molecular flexibility index (Phi) is 8.70. The number of nitrogens with one attached hydrogen (secondary N) is 1. The quantitative estimate of drug-likeness (QED) is 0.383. The molecule has 8 nitrogen and oxygen atoms in total. The second-order valence-electron chi connectivity index (χ2n) is 7.00. The van der Waals surface area contributed by atoms with Gasteiger partial charge in [-0.25, -0.2) is 14.4 Å². The summed E-state index contributed by atoms with van der Waals surface area (Å²) in [5.41, 5.74) is 0.157. The van der Waals surface area contributed by atoms with Crippen molar-refractivity contribution in [2.45, 2.75) is 12.2 Å². The van der Waals surface area contributed by atoms with E-state index in [1.165, 1.54) is 60.7 Å². The molecule has 0 radical (unpaired) electrons. The maximum Gasteiger partial charge on any atom is 0.349 e. The van der Waals surface area contributed by atoms with Crippen LogP contribution in [0.3, 0.4) is 0 Å². The number of esters is 2. The number of anilines is 1. The van der Waals surface area contributed by atoms with E-state index < -0.39 is 36.0 Å². The van der Waals surface area contributed by atoms with Gasteiger partial charge >= 0.3 is 17.9 Å². The van der Waals surface area contributed by atoms with Crippen molar-refractivity contribution in [3.05, 3.63) is 99.0 Å². The maximum atomic E-state index is 13.0. The smallest absolute Gasteiger partial charge is 0.349 e. The van der Waals surface area contributed by atoms with E-state index in [0.717, 1.165) is 0 Å². The fourth-order valence-electron chi connectivity index (χ4n) is 2.81. The monoisotopic (exact) mass is 535 g/mol. The van der Waals surface area contributed by atoms with Crippen LogP contribution in [0.5, 0.6) is 0 Å². The molecule has 0 aromatic heterocycles. The van der Waals surface area contributed by atoms with E-state index in [1.807, 2.05) is 0 Å². The Labute approximate surface area is 214 Å². The molecule has 180 valence electrons. The van der Waals surface area contributed by atoms with Gasteiger partial charge < -0.3 is 19.9 Å². The molecule has 3 aromatic carbocycles. The van der Waals surface area contributed by atoms with Crippen molar-refractivity contribution in [1.82, 2.24) is 0 Å². The number of carboxylic acid groups (broad SMARTS) is 1. The molecular formula is C24H16Cl3NO7. The topological polar surface area (TPSA) is 119 Å². The summed E-state index contributed by atoms with van der Waals surface area (Å²) in [5.74, 6) is -4.90. The second kappa shape index (κ2) is 11.7. The minimum absolute atomic E-state index is 0.0110. The van der Waals surface area contributed by atoms with E-state index in [4.69, 9.17) is 44.3 Å². The molecule has 0 heterocycles. The Balaban J connectivity index is 1.90. The van der Waals surface area contributed by atoms with E-state index in [-0.39, 0.29) is 16.8 Å². The number of aliphatic carboxylic acids is 1. The lowest BCUT2D eigenvalue weighted by atomic mass is 10.1. The van der Waals surface area contributed by atoms with Crippen molar-refractivity contribution in [2.75, 3.05) is 5.32 Å². The number of carbonyl (C=O) groups is 4. The summed E-state index contributed by atoms with van der Waals surface area (Å²) in [7, 11) is 0. The van der Waals surface area contributed by atoms with Gasteiger partial charge in [0.2, 0.25) is 12.2 Å². The molecule has 0 saturated carbocycles. The third-order valence-electron chi connectivity index (χ3n) is 4.50. The van der Waals surface area contributed by atoms with Crippen LogP contribution in [0.2, 0.25) is 15.1 Å². The van der Waals surface area contributed by atoms with Gasteiger partial charge in [0.15, 0.2) is 0 Å². The summed E-state index contributed by atoms with van der Waals surface area (Å²) in [6, 6.07) is 16.9. The van der Waals surface area contributed by atoms with Crippen molar-refractivity contribution in [3.8, 4) is 0 Å². The highest BCUT2D eigenvalue weighted by atomic mass is 35.5. The van der Waals surface area contributed by atoms with Crippen molar-refractivity contribution in [1.29, 1.82) is 0 Å². The highest BCUT2D eigenvalue weighted by Gasteiger charge is 2.41. The number of ether oxygens (including phenoxy) is 2. The predicted octanol–water partition coefficient (Wildman–Crippen LogP) is 5.12. The van der Waals surface area contributed by atoms with Crippen LogP contribution in [-0.2, 0) is 19.1 Å². The standard InChI is InChI=1S/C24H16Cl3NO7/c25-15-8-4-13(5-9-15)23(32)34-19(21(29)28-18-3-1-2-17(27)12-18)20(22(30)31)35-24(33)14-6-10-16(26)11-7-14/h1-12,19-20H,(H,28,29)(H,30,31)/t19-,20-/m0/s1. The number of halogens is 3. The van der Waals surface area contributed by atoms with Crippen LogP contribution in [0.25, 0.3) is 0 Å². The summed E-state index contributed by atoms with van der Waals surface area (Å²) in [6.07, 6.45) is -4.25. The Morgan fingerprint density at radius 3 is 1.63 bits per heavy atom. The Bertz CT molecular complexity index is 1250. The Morgan fingerprint density at radius 1 is 0.686 bits per heavy atom. The van der Waals surface area contributed by atoms with Gasteiger partial charge in [-0.15, -0.1) is 0 Å². The third kappa shape index (κ3) is 7.19. The zero-order valence-electron chi connectivity index (χ0n) is 17.6. The number of hydrogen-bond donors (Lipinski definition) is 2. The first-order chi connectivity index (χ1) is 16.6. The molecule has 11 heteroatoms. The number of benzene rings is 3. The molecule has 0 spiro atoms. The van der Waals surface area contributed by atoms with E-state index in [1.54, 1.807) is 12.1 Å². The van der Waals surface area contributed by atoms with Crippen LogP contribution in [0.4, 0.5) is 5.69 Å². The number of carbonyl (C=O) groups excluding carboxylic acids is 3. The second-order valence-corrected chi connectivity index (χ2v) is 8.31. The minimum Gasteiger partial charge on any atom is -0.478 e.